The normalized spacial score (nSPS) is 13.4. The van der Waals surface area contributed by atoms with Gasteiger partial charge in [-0.25, -0.2) is 13.1 Å². The topological polar surface area (TPSA) is 72.2 Å². The second-order valence-corrected chi connectivity index (χ2v) is 7.59. The number of sulfonamides is 1. The van der Waals surface area contributed by atoms with Gasteiger partial charge in [0.1, 0.15) is 0 Å². The number of nitrogens with two attached hydrogens (primary N) is 1. The Labute approximate surface area is 120 Å². The Morgan fingerprint density at radius 3 is 2.79 bits per heavy atom. The molecular weight excluding hydrogens is 280 g/mol. The lowest BCUT2D eigenvalue weighted by molar-refractivity contribution is 0.545. The van der Waals surface area contributed by atoms with Gasteiger partial charge in [0.25, 0.3) is 0 Å². The van der Waals surface area contributed by atoms with Gasteiger partial charge in [0.2, 0.25) is 10.0 Å². The average Bonchev–Trinajstić information content (AvgIpc) is 2.28. The first kappa shape index (κ1) is 16.3. The average molecular weight is 302 g/mol. The van der Waals surface area contributed by atoms with E-state index >= 15 is 0 Å². The van der Waals surface area contributed by atoms with Crippen LogP contribution in [0.25, 0.3) is 0 Å². The smallest absolute Gasteiger partial charge is 0.212 e. The van der Waals surface area contributed by atoms with Gasteiger partial charge in [-0.15, -0.1) is 11.8 Å². The highest BCUT2D eigenvalue weighted by Gasteiger charge is 2.13. The van der Waals surface area contributed by atoms with Crippen LogP contribution in [0.3, 0.4) is 0 Å². The van der Waals surface area contributed by atoms with Crippen LogP contribution in [0.5, 0.6) is 0 Å². The molecule has 1 unspecified atom stereocenters. The van der Waals surface area contributed by atoms with Crippen molar-refractivity contribution in [1.29, 1.82) is 0 Å². The largest absolute Gasteiger partial charge is 0.399 e. The zero-order valence-corrected chi connectivity index (χ0v) is 13.1. The van der Waals surface area contributed by atoms with Gasteiger partial charge >= 0.3 is 0 Å². The van der Waals surface area contributed by atoms with E-state index in [-0.39, 0.29) is 11.8 Å². The van der Waals surface area contributed by atoms with Gasteiger partial charge in [0.05, 0.1) is 5.75 Å². The summed E-state index contributed by atoms with van der Waals surface area (Å²) in [7, 11) is -3.19. The van der Waals surface area contributed by atoms with E-state index in [1.165, 1.54) is 11.8 Å². The van der Waals surface area contributed by atoms with Crippen LogP contribution in [-0.2, 0) is 10.0 Å². The summed E-state index contributed by atoms with van der Waals surface area (Å²) in [5, 5.41) is 0. The minimum Gasteiger partial charge on any atom is -0.399 e. The number of thioether (sulfide) groups is 1. The van der Waals surface area contributed by atoms with Crippen LogP contribution in [-0.4, -0.2) is 26.0 Å². The number of nitrogens with one attached hydrogen (secondary N) is 1. The minimum atomic E-state index is -3.19. The molecule has 0 aliphatic rings. The molecule has 0 radical (unpaired) electrons. The minimum absolute atomic E-state index is 0.00682. The van der Waals surface area contributed by atoms with Gasteiger partial charge in [0.15, 0.2) is 0 Å². The molecule has 3 N–H and O–H groups in total. The van der Waals surface area contributed by atoms with Crippen LogP contribution in [0.15, 0.2) is 29.2 Å². The van der Waals surface area contributed by atoms with Gasteiger partial charge in [-0.3, -0.25) is 0 Å². The molecule has 0 fully saturated rings. The van der Waals surface area contributed by atoms with Crippen LogP contribution in [0.2, 0.25) is 0 Å². The van der Waals surface area contributed by atoms with Gasteiger partial charge < -0.3 is 5.73 Å². The predicted octanol–water partition coefficient (Wildman–Crippen LogP) is 2.47. The van der Waals surface area contributed by atoms with Crippen molar-refractivity contribution in [2.24, 2.45) is 0 Å². The van der Waals surface area contributed by atoms with Gasteiger partial charge in [-0.2, -0.15) is 0 Å². The van der Waals surface area contributed by atoms with E-state index < -0.39 is 10.0 Å². The van der Waals surface area contributed by atoms with Crippen molar-refractivity contribution in [3.8, 4) is 0 Å². The van der Waals surface area contributed by atoms with Crippen LogP contribution in [0.1, 0.15) is 26.7 Å². The Morgan fingerprint density at radius 2 is 2.16 bits per heavy atom. The number of rotatable bonds is 8. The van der Waals surface area contributed by atoms with E-state index in [1.807, 2.05) is 38.1 Å². The standard InChI is InChI=1S/C13H22N2O2S2/c1-3-5-11(2)15-19(16,17)9-8-18-13-7-4-6-12(14)10-13/h4,6-7,10-11,15H,3,5,8-9,14H2,1-2H3. The third-order valence-electron chi connectivity index (χ3n) is 2.58. The third-order valence-corrected chi connectivity index (χ3v) is 5.34. The maximum absolute atomic E-state index is 11.8. The Balaban J connectivity index is 2.39. The Hall–Kier alpha value is -0.720. The highest BCUT2D eigenvalue weighted by atomic mass is 32.2. The number of hydrogen-bond donors (Lipinski definition) is 2. The maximum Gasteiger partial charge on any atom is 0.212 e. The van der Waals surface area contributed by atoms with Crippen molar-refractivity contribution in [3.63, 3.8) is 0 Å². The molecule has 1 aromatic rings. The summed E-state index contributed by atoms with van der Waals surface area (Å²) >= 11 is 1.50. The molecule has 0 spiro atoms. The molecule has 1 rings (SSSR count). The highest BCUT2D eigenvalue weighted by Crippen LogP contribution is 2.20. The Kier molecular flexibility index (Phi) is 6.68. The summed E-state index contributed by atoms with van der Waals surface area (Å²) in [6.07, 6.45) is 1.84. The summed E-state index contributed by atoms with van der Waals surface area (Å²) in [6, 6.07) is 7.47. The molecular formula is C13H22N2O2S2. The van der Waals surface area contributed by atoms with E-state index in [0.29, 0.717) is 11.4 Å². The summed E-state index contributed by atoms with van der Waals surface area (Å²) < 4.78 is 26.3. The molecule has 0 aliphatic carbocycles. The van der Waals surface area contributed by atoms with E-state index in [4.69, 9.17) is 5.73 Å². The van der Waals surface area contributed by atoms with Crippen molar-refractivity contribution >= 4 is 27.5 Å². The van der Waals surface area contributed by atoms with Gasteiger partial charge in [-0.05, 0) is 31.5 Å². The van der Waals surface area contributed by atoms with Crippen LogP contribution < -0.4 is 10.5 Å². The monoisotopic (exact) mass is 302 g/mol. The maximum atomic E-state index is 11.8. The molecule has 0 aromatic heterocycles. The molecule has 108 valence electrons. The van der Waals surface area contributed by atoms with Crippen molar-refractivity contribution in [3.05, 3.63) is 24.3 Å². The second-order valence-electron chi connectivity index (χ2n) is 4.55. The zero-order valence-electron chi connectivity index (χ0n) is 11.4. The fraction of sp³-hybridized carbons (Fsp3) is 0.538. The predicted molar refractivity (Wildman–Crippen MR) is 82.9 cm³/mol. The van der Waals surface area contributed by atoms with Crippen LogP contribution >= 0.6 is 11.8 Å². The first-order chi connectivity index (χ1) is 8.93. The second kappa shape index (κ2) is 7.77. The fourth-order valence-corrected chi connectivity index (χ4v) is 4.42. The van der Waals surface area contributed by atoms with Crippen LogP contribution in [0, 0.1) is 0 Å². The van der Waals surface area contributed by atoms with Crippen molar-refractivity contribution in [2.75, 3.05) is 17.2 Å². The summed E-state index contributed by atoms with van der Waals surface area (Å²) in [6.45, 7) is 3.94. The molecule has 1 aromatic carbocycles. The quantitative estimate of drug-likeness (QED) is 0.571. The molecule has 19 heavy (non-hydrogen) atoms. The van der Waals surface area contributed by atoms with Gasteiger partial charge in [0, 0.05) is 22.4 Å². The Morgan fingerprint density at radius 1 is 1.42 bits per heavy atom. The first-order valence-corrected chi connectivity index (χ1v) is 9.05. The summed E-state index contributed by atoms with van der Waals surface area (Å²) in [5.41, 5.74) is 6.37. The molecule has 0 amide bonds. The molecule has 0 bridgehead atoms. The van der Waals surface area contributed by atoms with Crippen molar-refractivity contribution in [2.45, 2.75) is 37.6 Å². The van der Waals surface area contributed by atoms with Crippen molar-refractivity contribution in [1.82, 2.24) is 4.72 Å². The zero-order chi connectivity index (χ0) is 14.3. The molecule has 0 heterocycles. The third kappa shape index (κ3) is 6.84. The lowest BCUT2D eigenvalue weighted by Crippen LogP contribution is -2.34. The Bertz CT molecular complexity index is 489. The van der Waals surface area contributed by atoms with Crippen molar-refractivity contribution < 1.29 is 8.42 Å². The molecule has 4 nitrogen and oxygen atoms in total. The number of nitrogen functional groups attached to an aromatic ring is 1. The molecule has 6 heteroatoms. The highest BCUT2D eigenvalue weighted by molar-refractivity contribution is 8.00. The SMILES string of the molecule is CCCC(C)NS(=O)(=O)CCSc1cccc(N)c1. The lowest BCUT2D eigenvalue weighted by atomic mass is 10.2. The molecule has 0 aliphatic heterocycles. The van der Waals surface area contributed by atoms with E-state index in [1.54, 1.807) is 0 Å². The van der Waals surface area contributed by atoms with E-state index in [2.05, 4.69) is 4.72 Å². The lowest BCUT2D eigenvalue weighted by Gasteiger charge is -2.13. The molecule has 1 atom stereocenters. The van der Waals surface area contributed by atoms with Gasteiger partial charge in [-0.1, -0.05) is 19.4 Å². The molecule has 0 saturated heterocycles. The van der Waals surface area contributed by atoms with Crippen LogP contribution in [0.4, 0.5) is 5.69 Å². The first-order valence-electron chi connectivity index (χ1n) is 6.41. The number of benzene rings is 1. The fourth-order valence-electron chi connectivity index (χ4n) is 1.73. The summed E-state index contributed by atoms with van der Waals surface area (Å²) in [4.78, 5) is 0.997. The molecule has 0 saturated carbocycles. The number of hydrogen-bond acceptors (Lipinski definition) is 4. The summed E-state index contributed by atoms with van der Waals surface area (Å²) in [5.74, 6) is 0.651. The van der Waals surface area contributed by atoms with E-state index in [0.717, 1.165) is 17.7 Å². The van der Waals surface area contributed by atoms with E-state index in [9.17, 15) is 8.42 Å². The number of anilines is 1.